The Morgan fingerprint density at radius 2 is 1.38 bits per heavy atom. The summed E-state index contributed by atoms with van der Waals surface area (Å²) in [5.41, 5.74) is 1.34. The van der Waals surface area contributed by atoms with Crippen molar-refractivity contribution in [3.05, 3.63) is 71.3 Å². The van der Waals surface area contributed by atoms with Gasteiger partial charge in [0.15, 0.2) is 0 Å². The van der Waals surface area contributed by atoms with Gasteiger partial charge in [0.25, 0.3) is 0 Å². The van der Waals surface area contributed by atoms with Gasteiger partial charge < -0.3 is 10.6 Å². The van der Waals surface area contributed by atoms with Gasteiger partial charge in [-0.1, -0.05) is 30.3 Å². The molecule has 0 fully saturated rings. The molecule has 0 saturated carbocycles. The Labute approximate surface area is 138 Å². The summed E-state index contributed by atoms with van der Waals surface area (Å²) in [5.74, 6) is -2.16. The lowest BCUT2D eigenvalue weighted by atomic mass is 10.1. The molecular weight excluding hydrogens is 314 g/mol. The Hall–Kier alpha value is -2.76. The van der Waals surface area contributed by atoms with Crippen LogP contribution in [-0.2, 0) is 22.4 Å². The number of rotatable bonds is 6. The van der Waals surface area contributed by atoms with Crippen LogP contribution in [0.15, 0.2) is 48.5 Å². The third-order valence-corrected chi connectivity index (χ3v) is 3.46. The predicted octanol–water partition coefficient (Wildman–Crippen LogP) is 1.98. The minimum atomic E-state index is -0.759. The summed E-state index contributed by atoms with van der Waals surface area (Å²) >= 11 is 0. The second-order valence-corrected chi connectivity index (χ2v) is 5.23. The third-order valence-electron chi connectivity index (χ3n) is 3.46. The van der Waals surface area contributed by atoms with Crippen molar-refractivity contribution in [3.63, 3.8) is 0 Å². The van der Waals surface area contributed by atoms with Crippen LogP contribution < -0.4 is 10.6 Å². The Balaban J connectivity index is 1.67. The fraction of sp³-hybridized carbons (Fsp3) is 0.222. The molecule has 0 aromatic heterocycles. The lowest BCUT2D eigenvalue weighted by Crippen LogP contribution is -2.41. The second kappa shape index (κ2) is 8.76. The molecule has 0 radical (unpaired) electrons. The highest BCUT2D eigenvalue weighted by molar-refractivity contribution is 6.35. The highest BCUT2D eigenvalue weighted by Crippen LogP contribution is 2.06. The Kier molecular flexibility index (Phi) is 6.42. The molecule has 0 unspecified atom stereocenters. The summed E-state index contributed by atoms with van der Waals surface area (Å²) in [4.78, 5) is 23.3. The molecule has 2 aromatic carbocycles. The topological polar surface area (TPSA) is 58.2 Å². The molecule has 24 heavy (non-hydrogen) atoms. The summed E-state index contributed by atoms with van der Waals surface area (Å²) in [7, 11) is 0. The molecule has 0 atom stereocenters. The zero-order valence-corrected chi connectivity index (χ0v) is 13.0. The largest absolute Gasteiger partial charge is 0.348 e. The van der Waals surface area contributed by atoms with E-state index in [0.717, 1.165) is 5.56 Å². The van der Waals surface area contributed by atoms with Crippen molar-refractivity contribution in [1.82, 2.24) is 10.6 Å². The quantitative estimate of drug-likeness (QED) is 0.795. The zero-order chi connectivity index (χ0) is 17.4. The van der Waals surface area contributed by atoms with Crippen LogP contribution in [0, 0.1) is 11.6 Å². The van der Waals surface area contributed by atoms with Gasteiger partial charge in [-0.3, -0.25) is 9.59 Å². The Bertz CT molecular complexity index is 702. The average Bonchev–Trinajstić information content (AvgIpc) is 2.58. The lowest BCUT2D eigenvalue weighted by Gasteiger charge is -2.07. The van der Waals surface area contributed by atoms with Gasteiger partial charge >= 0.3 is 11.8 Å². The van der Waals surface area contributed by atoms with Crippen molar-refractivity contribution < 1.29 is 18.4 Å². The highest BCUT2D eigenvalue weighted by Gasteiger charge is 2.12. The molecular formula is C18H18F2N2O2. The zero-order valence-electron chi connectivity index (χ0n) is 13.0. The number of halogens is 2. The van der Waals surface area contributed by atoms with E-state index < -0.39 is 11.8 Å². The summed E-state index contributed by atoms with van der Waals surface area (Å²) in [6, 6.07) is 12.2. The highest BCUT2D eigenvalue weighted by atomic mass is 19.1. The summed E-state index contributed by atoms with van der Waals surface area (Å²) in [5, 5.41) is 4.93. The van der Waals surface area contributed by atoms with Crippen LogP contribution in [0.4, 0.5) is 8.78 Å². The van der Waals surface area contributed by atoms with E-state index in [4.69, 9.17) is 0 Å². The summed E-state index contributed by atoms with van der Waals surface area (Å²) in [6.07, 6.45) is 0.801. The number of nitrogens with one attached hydrogen (secondary N) is 2. The van der Waals surface area contributed by atoms with E-state index in [2.05, 4.69) is 10.6 Å². The normalized spacial score (nSPS) is 10.2. The number of hydrogen-bond acceptors (Lipinski definition) is 2. The van der Waals surface area contributed by atoms with Crippen molar-refractivity contribution >= 4 is 11.8 Å². The molecule has 0 bridgehead atoms. The van der Waals surface area contributed by atoms with Gasteiger partial charge in [-0.15, -0.1) is 0 Å². The van der Waals surface area contributed by atoms with Crippen LogP contribution in [-0.4, -0.2) is 24.9 Å². The van der Waals surface area contributed by atoms with E-state index in [-0.39, 0.29) is 24.7 Å². The van der Waals surface area contributed by atoms with E-state index in [1.54, 1.807) is 30.3 Å². The van der Waals surface area contributed by atoms with E-state index in [1.165, 1.54) is 18.2 Å². The minimum absolute atomic E-state index is 0.172. The molecule has 0 aliphatic heterocycles. The Morgan fingerprint density at radius 3 is 2.00 bits per heavy atom. The van der Waals surface area contributed by atoms with E-state index in [9.17, 15) is 18.4 Å². The van der Waals surface area contributed by atoms with Gasteiger partial charge in [0, 0.05) is 13.1 Å². The molecule has 2 N–H and O–H groups in total. The first-order chi connectivity index (χ1) is 11.6. The van der Waals surface area contributed by atoms with E-state index in [1.807, 2.05) is 0 Å². The standard InChI is InChI=1S/C18H18F2N2O2/c19-15-7-5-13(6-8-15)9-11-21-17(23)18(24)22-12-10-14-3-1-2-4-16(14)20/h1-8H,9-12H2,(H,21,23)(H,22,24). The first kappa shape index (κ1) is 17.6. The third kappa shape index (κ3) is 5.46. The molecule has 126 valence electrons. The number of amides is 2. The monoisotopic (exact) mass is 332 g/mol. The molecule has 0 aliphatic rings. The van der Waals surface area contributed by atoms with Crippen molar-refractivity contribution in [2.24, 2.45) is 0 Å². The van der Waals surface area contributed by atoms with Crippen LogP contribution in [0.3, 0.4) is 0 Å². The maximum Gasteiger partial charge on any atom is 0.309 e. The van der Waals surface area contributed by atoms with E-state index >= 15 is 0 Å². The average molecular weight is 332 g/mol. The van der Waals surface area contributed by atoms with Gasteiger partial charge in [-0.05, 0) is 42.2 Å². The maximum atomic E-state index is 13.4. The first-order valence-corrected chi connectivity index (χ1v) is 7.60. The number of hydrogen-bond donors (Lipinski definition) is 2. The van der Waals surface area contributed by atoms with Crippen LogP contribution in [0.5, 0.6) is 0 Å². The molecule has 6 heteroatoms. The molecule has 4 nitrogen and oxygen atoms in total. The van der Waals surface area contributed by atoms with Crippen LogP contribution >= 0.6 is 0 Å². The molecule has 0 heterocycles. The minimum Gasteiger partial charge on any atom is -0.348 e. The second-order valence-electron chi connectivity index (χ2n) is 5.23. The maximum absolute atomic E-state index is 13.4. The molecule has 2 aromatic rings. The van der Waals surface area contributed by atoms with Gasteiger partial charge in [-0.25, -0.2) is 8.78 Å². The molecule has 0 spiro atoms. The number of carbonyl (C=O) groups is 2. The van der Waals surface area contributed by atoms with Crippen LogP contribution in [0.25, 0.3) is 0 Å². The van der Waals surface area contributed by atoms with Crippen molar-refractivity contribution in [2.45, 2.75) is 12.8 Å². The molecule has 0 aliphatic carbocycles. The van der Waals surface area contributed by atoms with Crippen molar-refractivity contribution in [2.75, 3.05) is 13.1 Å². The molecule has 0 saturated heterocycles. The fourth-order valence-corrected chi connectivity index (χ4v) is 2.14. The summed E-state index contributed by atoms with van der Waals surface area (Å²) < 4.78 is 26.2. The van der Waals surface area contributed by atoms with Crippen molar-refractivity contribution in [1.29, 1.82) is 0 Å². The SMILES string of the molecule is O=C(NCCc1ccc(F)cc1)C(=O)NCCc1ccccc1F. The van der Waals surface area contributed by atoms with Gasteiger partial charge in [-0.2, -0.15) is 0 Å². The number of benzene rings is 2. The fourth-order valence-electron chi connectivity index (χ4n) is 2.14. The van der Waals surface area contributed by atoms with Gasteiger partial charge in [0.1, 0.15) is 11.6 Å². The van der Waals surface area contributed by atoms with Gasteiger partial charge in [0.2, 0.25) is 0 Å². The Morgan fingerprint density at radius 1 is 0.792 bits per heavy atom. The first-order valence-electron chi connectivity index (χ1n) is 7.60. The van der Waals surface area contributed by atoms with Crippen LogP contribution in [0.1, 0.15) is 11.1 Å². The summed E-state index contributed by atoms with van der Waals surface area (Å²) in [6.45, 7) is 0.441. The molecule has 2 rings (SSSR count). The predicted molar refractivity (Wildman–Crippen MR) is 86.2 cm³/mol. The molecule has 2 amide bonds. The van der Waals surface area contributed by atoms with Gasteiger partial charge in [0.05, 0.1) is 0 Å². The smallest absolute Gasteiger partial charge is 0.309 e. The van der Waals surface area contributed by atoms with Crippen molar-refractivity contribution in [3.8, 4) is 0 Å². The van der Waals surface area contributed by atoms with Crippen LogP contribution in [0.2, 0.25) is 0 Å². The lowest BCUT2D eigenvalue weighted by molar-refractivity contribution is -0.139. The van der Waals surface area contributed by atoms with E-state index in [0.29, 0.717) is 18.4 Å². The number of carbonyl (C=O) groups excluding carboxylic acids is 2.